The second-order valence-corrected chi connectivity index (χ2v) is 9.24. The smallest absolute Gasteiger partial charge is 1.00 e. The van der Waals surface area contributed by atoms with Crippen molar-refractivity contribution in [3.05, 3.63) is 80.6 Å². The van der Waals surface area contributed by atoms with Gasteiger partial charge < -0.3 is 21.3 Å². The van der Waals surface area contributed by atoms with E-state index in [1.807, 2.05) is 24.3 Å². The molecule has 0 unspecified atom stereocenters. The number of fused-ring (bicyclic) bond motifs is 1. The zero-order chi connectivity index (χ0) is 25.9. The van der Waals surface area contributed by atoms with Crippen LogP contribution in [0.3, 0.4) is 0 Å². The van der Waals surface area contributed by atoms with Gasteiger partial charge in [0, 0.05) is 41.5 Å². The van der Waals surface area contributed by atoms with Gasteiger partial charge in [-0.25, -0.2) is 0 Å². The van der Waals surface area contributed by atoms with Gasteiger partial charge in [0.05, 0.1) is 6.61 Å². The Labute approximate surface area is 245 Å². The van der Waals surface area contributed by atoms with Gasteiger partial charge >= 0.3 is 35.5 Å². The van der Waals surface area contributed by atoms with Crippen molar-refractivity contribution in [1.29, 1.82) is 0 Å². The number of pyridine rings is 1. The molecule has 1 amide bonds. The molecule has 3 rings (SSSR count). The van der Waals surface area contributed by atoms with Gasteiger partial charge in [-0.2, -0.15) is 0 Å². The Morgan fingerprint density at radius 3 is 2.41 bits per heavy atom. The average molecular weight is 535 g/mol. The van der Waals surface area contributed by atoms with E-state index < -0.39 is 5.91 Å². The van der Waals surface area contributed by atoms with Crippen molar-refractivity contribution < 1.29 is 50.1 Å². The fourth-order valence-electron chi connectivity index (χ4n) is 3.82. The summed E-state index contributed by atoms with van der Waals surface area (Å²) in [6.45, 7) is 2.15. The van der Waals surface area contributed by atoms with Crippen molar-refractivity contribution in [1.82, 2.24) is 10.3 Å². The fraction of sp³-hybridized carbons (Fsp3) is 0.357. The first kappa shape index (κ1) is 30.8. The molecule has 0 bridgehead atoms. The fourth-order valence-corrected chi connectivity index (χ4v) is 3.95. The average Bonchev–Trinajstić information content (AvgIpc) is 2.86. The summed E-state index contributed by atoms with van der Waals surface area (Å²) in [5, 5.41) is 3.82. The largest absolute Gasteiger partial charge is 1.00 e. The molecule has 37 heavy (non-hydrogen) atoms. The molecule has 0 aliphatic heterocycles. The molecule has 2 aromatic carbocycles. The Morgan fingerprint density at radius 2 is 1.68 bits per heavy atom. The summed E-state index contributed by atoms with van der Waals surface area (Å²) in [5.74, 6) is -0.518. The summed E-state index contributed by atoms with van der Waals surface area (Å²) >= 11 is 5.89. The number of hydrogen-bond donors (Lipinski definition) is 2. The number of unbranched alkanes of at least 4 members (excludes halogenated alkanes) is 2. The van der Waals surface area contributed by atoms with E-state index in [2.05, 4.69) is 10.3 Å². The zero-order valence-corrected chi connectivity index (χ0v) is 24.2. The number of amides is 1. The van der Waals surface area contributed by atoms with Crippen LogP contribution >= 0.6 is 11.6 Å². The Bertz CT molecular complexity index is 1280. The monoisotopic (exact) mass is 534 g/mol. The second-order valence-electron chi connectivity index (χ2n) is 8.81. The molecule has 9 heteroatoms. The summed E-state index contributed by atoms with van der Waals surface area (Å²) in [7, 11) is 0. The topological polar surface area (TPSA) is 105 Å². The molecule has 7 nitrogen and oxygen atoms in total. The Kier molecular flexibility index (Phi) is 13.1. The molecular formula is C28H32ClN2NaO5. The van der Waals surface area contributed by atoms with Crippen LogP contribution in [0.1, 0.15) is 68.4 Å². The standard InChI is InChI=1S/C28H31ClN2O5.Na.H/c1-19(32)6-3-2-4-8-26(33)36-15-5-7-20-11-14-25-23(16-20)27(34)24(18-30-25)28(35)31-17-21-9-12-22(29)13-10-21;;/h9-14,16,18H,2-8,15,17H2,1H3,(H,30,34)(H,31,35);;/q;+1;-1. The minimum atomic E-state index is -0.452. The van der Waals surface area contributed by atoms with Crippen LogP contribution in [-0.2, 0) is 27.3 Å². The SMILES string of the molecule is CC(=O)CCCCCC(=O)OCCCc1ccc2[nH]cc(C(=O)NCc3ccc(Cl)cc3)c(=O)c2c1.[H-].[Na+]. The van der Waals surface area contributed by atoms with Gasteiger partial charge in [0.2, 0.25) is 5.43 Å². The minimum absolute atomic E-state index is 0. The van der Waals surface area contributed by atoms with Crippen molar-refractivity contribution in [3.63, 3.8) is 0 Å². The predicted octanol–water partition coefficient (Wildman–Crippen LogP) is 2.24. The van der Waals surface area contributed by atoms with Crippen LogP contribution < -0.4 is 40.3 Å². The third-order valence-corrected chi connectivity index (χ3v) is 6.09. The second kappa shape index (κ2) is 15.7. The molecular weight excluding hydrogens is 503 g/mol. The molecule has 1 aromatic heterocycles. The number of esters is 1. The number of aromatic nitrogens is 1. The third kappa shape index (κ3) is 10.1. The molecule has 0 saturated heterocycles. The van der Waals surface area contributed by atoms with Crippen molar-refractivity contribution in [3.8, 4) is 0 Å². The maximum absolute atomic E-state index is 13.0. The number of H-pyrrole nitrogens is 1. The summed E-state index contributed by atoms with van der Waals surface area (Å²) in [5.41, 5.74) is 2.16. The number of hydrogen-bond acceptors (Lipinski definition) is 5. The normalized spacial score (nSPS) is 10.5. The van der Waals surface area contributed by atoms with Gasteiger partial charge in [-0.05, 0) is 68.0 Å². The first-order valence-electron chi connectivity index (χ1n) is 12.2. The molecule has 0 saturated carbocycles. The van der Waals surface area contributed by atoms with E-state index in [0.717, 1.165) is 30.4 Å². The Hall–Kier alpha value is -2.45. The van der Waals surface area contributed by atoms with E-state index in [1.54, 1.807) is 25.1 Å². The molecule has 0 fully saturated rings. The van der Waals surface area contributed by atoms with Gasteiger partial charge in [0.25, 0.3) is 5.91 Å². The maximum atomic E-state index is 13.0. The van der Waals surface area contributed by atoms with Crippen LogP contribution in [0.4, 0.5) is 0 Å². The van der Waals surface area contributed by atoms with E-state index in [-0.39, 0.29) is 60.3 Å². The van der Waals surface area contributed by atoms with E-state index in [9.17, 15) is 19.2 Å². The van der Waals surface area contributed by atoms with Gasteiger partial charge in [0.15, 0.2) is 0 Å². The van der Waals surface area contributed by atoms with Crippen molar-refractivity contribution >= 4 is 40.2 Å². The summed E-state index contributed by atoms with van der Waals surface area (Å²) in [4.78, 5) is 51.4. The van der Waals surface area contributed by atoms with Crippen LogP contribution in [0, 0.1) is 0 Å². The number of benzene rings is 2. The number of nitrogens with one attached hydrogen (secondary N) is 2. The molecule has 1 heterocycles. The number of rotatable bonds is 13. The summed E-state index contributed by atoms with van der Waals surface area (Å²) < 4.78 is 5.29. The van der Waals surface area contributed by atoms with Crippen LogP contribution in [0.25, 0.3) is 10.9 Å². The first-order chi connectivity index (χ1) is 17.3. The minimum Gasteiger partial charge on any atom is -1.00 e. The van der Waals surface area contributed by atoms with Gasteiger partial charge in [-0.3, -0.25) is 14.4 Å². The predicted molar refractivity (Wildman–Crippen MR) is 141 cm³/mol. The van der Waals surface area contributed by atoms with Crippen LogP contribution in [-0.4, -0.2) is 29.3 Å². The molecule has 0 radical (unpaired) electrons. The Balaban J connectivity index is 0.00000361. The number of ether oxygens (including phenoxy) is 1. The number of Topliss-reactive ketones (excluding diaryl/α,β-unsaturated/α-hetero) is 1. The summed E-state index contributed by atoms with van der Waals surface area (Å²) in [6.07, 6.45) is 5.95. The zero-order valence-electron chi connectivity index (χ0n) is 22.4. The van der Waals surface area contributed by atoms with Crippen molar-refractivity contribution in [2.45, 2.75) is 58.4 Å². The molecule has 0 atom stereocenters. The molecule has 2 N–H and O–H groups in total. The molecule has 0 spiro atoms. The first-order valence-corrected chi connectivity index (χ1v) is 12.5. The molecule has 0 aliphatic rings. The van der Waals surface area contributed by atoms with Crippen LogP contribution in [0.15, 0.2) is 53.5 Å². The number of aromatic amines is 1. The quantitative estimate of drug-likeness (QED) is 0.199. The molecule has 0 aliphatic carbocycles. The van der Waals surface area contributed by atoms with E-state index in [1.165, 1.54) is 6.20 Å². The van der Waals surface area contributed by atoms with Gasteiger partial charge in [-0.15, -0.1) is 0 Å². The number of halogens is 1. The van der Waals surface area contributed by atoms with Crippen LogP contribution in [0.2, 0.25) is 5.02 Å². The van der Waals surface area contributed by atoms with E-state index in [0.29, 0.717) is 48.2 Å². The molecule has 192 valence electrons. The number of carbonyl (C=O) groups is 3. The number of ketones is 1. The van der Waals surface area contributed by atoms with Crippen molar-refractivity contribution in [2.24, 2.45) is 0 Å². The number of aryl methyl sites for hydroxylation is 1. The van der Waals surface area contributed by atoms with E-state index in [4.69, 9.17) is 16.3 Å². The summed E-state index contributed by atoms with van der Waals surface area (Å²) in [6, 6.07) is 12.6. The van der Waals surface area contributed by atoms with E-state index >= 15 is 0 Å². The van der Waals surface area contributed by atoms with Gasteiger partial charge in [-0.1, -0.05) is 36.2 Å². The van der Waals surface area contributed by atoms with Crippen molar-refractivity contribution in [2.75, 3.05) is 6.61 Å². The number of carbonyl (C=O) groups excluding carboxylic acids is 3. The van der Waals surface area contributed by atoms with Crippen LogP contribution in [0.5, 0.6) is 0 Å². The van der Waals surface area contributed by atoms with Gasteiger partial charge in [0.1, 0.15) is 11.3 Å². The molecule has 3 aromatic rings. The Morgan fingerprint density at radius 1 is 0.973 bits per heavy atom. The third-order valence-electron chi connectivity index (χ3n) is 5.84. The maximum Gasteiger partial charge on any atom is 1.00 e.